The van der Waals surface area contributed by atoms with E-state index in [0.717, 1.165) is 22.6 Å². The summed E-state index contributed by atoms with van der Waals surface area (Å²) in [6.45, 7) is 4.72. The van der Waals surface area contributed by atoms with Gasteiger partial charge in [-0.1, -0.05) is 0 Å². The van der Waals surface area contributed by atoms with Crippen LogP contribution in [0.5, 0.6) is 5.88 Å². The zero-order chi connectivity index (χ0) is 14.8. The van der Waals surface area contributed by atoms with Crippen LogP contribution in [0.1, 0.15) is 16.8 Å². The highest BCUT2D eigenvalue weighted by Gasteiger charge is 2.13. The van der Waals surface area contributed by atoms with E-state index in [1.54, 1.807) is 13.3 Å². The quantitative estimate of drug-likeness (QED) is 0.743. The van der Waals surface area contributed by atoms with Crippen molar-refractivity contribution in [2.75, 3.05) is 7.11 Å². The fraction of sp³-hybridized carbons (Fsp3) is 0.267. The lowest BCUT2D eigenvalue weighted by Crippen LogP contribution is -2.06. The van der Waals surface area contributed by atoms with E-state index >= 15 is 0 Å². The molecule has 0 bridgehead atoms. The molecule has 0 spiro atoms. The Morgan fingerprint density at radius 2 is 2.19 bits per heavy atom. The number of aromatic nitrogens is 4. The van der Waals surface area contributed by atoms with E-state index in [2.05, 4.69) is 31.9 Å². The van der Waals surface area contributed by atoms with Crippen molar-refractivity contribution in [3.8, 4) is 17.3 Å². The van der Waals surface area contributed by atoms with E-state index in [1.165, 1.54) is 17.1 Å². The Kier molecular flexibility index (Phi) is 3.70. The van der Waals surface area contributed by atoms with Crippen LogP contribution >= 0.6 is 11.5 Å². The van der Waals surface area contributed by atoms with Crippen molar-refractivity contribution >= 4 is 11.5 Å². The second kappa shape index (κ2) is 5.65. The largest absolute Gasteiger partial charge is 0.481 e. The van der Waals surface area contributed by atoms with E-state index in [4.69, 9.17) is 4.74 Å². The van der Waals surface area contributed by atoms with Gasteiger partial charge in [0.05, 0.1) is 19.9 Å². The number of nitrogens with zero attached hydrogens (tertiary/aromatic N) is 4. The highest BCUT2D eigenvalue weighted by molar-refractivity contribution is 7.03. The van der Waals surface area contributed by atoms with Crippen LogP contribution in [0.3, 0.4) is 0 Å². The Morgan fingerprint density at radius 1 is 1.33 bits per heavy atom. The monoisotopic (exact) mass is 300 g/mol. The molecule has 3 aromatic rings. The lowest BCUT2D eigenvalue weighted by Gasteiger charge is -2.13. The first kappa shape index (κ1) is 13.8. The minimum absolute atomic E-state index is 0.674. The molecule has 3 aromatic heterocycles. The van der Waals surface area contributed by atoms with E-state index in [1.807, 2.05) is 24.7 Å². The van der Waals surface area contributed by atoms with E-state index in [9.17, 15) is 0 Å². The van der Waals surface area contributed by atoms with Crippen LogP contribution in [0.15, 0.2) is 30.0 Å². The molecule has 0 aliphatic carbocycles. The first-order valence-corrected chi connectivity index (χ1v) is 7.44. The predicted octanol–water partition coefficient (Wildman–Crippen LogP) is 3.08. The topological polar surface area (TPSA) is 52.8 Å². The molecule has 0 aliphatic heterocycles. The molecule has 0 atom stereocenters. The molecule has 21 heavy (non-hydrogen) atoms. The molecule has 6 heteroatoms. The Balaban J connectivity index is 2.01. The molecule has 3 rings (SSSR count). The van der Waals surface area contributed by atoms with Gasteiger partial charge in [-0.25, -0.2) is 14.3 Å². The Hall–Kier alpha value is -2.21. The van der Waals surface area contributed by atoms with Crippen molar-refractivity contribution in [1.29, 1.82) is 0 Å². The second-order valence-corrected chi connectivity index (χ2v) is 5.52. The van der Waals surface area contributed by atoms with Crippen LogP contribution in [-0.2, 0) is 6.54 Å². The number of rotatable bonds is 4. The van der Waals surface area contributed by atoms with Crippen molar-refractivity contribution < 1.29 is 4.74 Å². The van der Waals surface area contributed by atoms with Gasteiger partial charge < -0.3 is 9.30 Å². The average molecular weight is 300 g/mol. The summed E-state index contributed by atoms with van der Waals surface area (Å²) >= 11 is 1.43. The molecule has 108 valence electrons. The van der Waals surface area contributed by atoms with Crippen molar-refractivity contribution in [1.82, 2.24) is 18.9 Å². The third-order valence-corrected chi connectivity index (χ3v) is 3.95. The van der Waals surface area contributed by atoms with Crippen LogP contribution in [0.2, 0.25) is 0 Å². The number of pyridine rings is 1. The van der Waals surface area contributed by atoms with Crippen LogP contribution in [0, 0.1) is 13.8 Å². The van der Waals surface area contributed by atoms with Gasteiger partial charge in [-0.05, 0) is 37.0 Å². The summed E-state index contributed by atoms with van der Waals surface area (Å²) in [7, 11) is 1.66. The van der Waals surface area contributed by atoms with Gasteiger partial charge >= 0.3 is 0 Å². The maximum absolute atomic E-state index is 5.43. The average Bonchev–Trinajstić information content (AvgIpc) is 3.11. The smallest absolute Gasteiger partial charge is 0.218 e. The normalized spacial score (nSPS) is 10.8. The van der Waals surface area contributed by atoms with Gasteiger partial charge in [-0.2, -0.15) is 0 Å². The van der Waals surface area contributed by atoms with Crippen molar-refractivity contribution in [2.45, 2.75) is 20.4 Å². The van der Waals surface area contributed by atoms with Gasteiger partial charge in [0.15, 0.2) is 0 Å². The highest BCUT2D eigenvalue weighted by atomic mass is 32.1. The summed E-state index contributed by atoms with van der Waals surface area (Å²) in [5.74, 6) is 1.58. The first-order valence-electron chi connectivity index (χ1n) is 6.61. The van der Waals surface area contributed by atoms with Crippen LogP contribution < -0.4 is 4.74 Å². The number of hydrogen-bond acceptors (Lipinski definition) is 5. The molecule has 0 saturated heterocycles. The third kappa shape index (κ3) is 2.67. The maximum atomic E-state index is 5.43. The summed E-state index contributed by atoms with van der Waals surface area (Å²) in [5.41, 5.74) is 4.23. The highest BCUT2D eigenvalue weighted by Crippen LogP contribution is 2.25. The van der Waals surface area contributed by atoms with Gasteiger partial charge in [0.1, 0.15) is 5.82 Å². The van der Waals surface area contributed by atoms with E-state index in [-0.39, 0.29) is 0 Å². The number of ether oxygens (including phenoxy) is 1. The molecule has 0 fully saturated rings. The molecule has 0 N–H and O–H groups in total. The number of imidazole rings is 1. The third-order valence-electron chi connectivity index (χ3n) is 3.37. The molecule has 0 unspecified atom stereocenters. The molecule has 0 radical (unpaired) electrons. The zero-order valence-corrected chi connectivity index (χ0v) is 13.0. The zero-order valence-electron chi connectivity index (χ0n) is 12.2. The summed E-state index contributed by atoms with van der Waals surface area (Å²) in [5, 5.41) is 2.00. The van der Waals surface area contributed by atoms with Gasteiger partial charge in [0.25, 0.3) is 0 Å². The lowest BCUT2D eigenvalue weighted by molar-refractivity contribution is 0.389. The molecule has 0 saturated carbocycles. The summed E-state index contributed by atoms with van der Waals surface area (Å²) in [6.07, 6.45) is 5.60. The molecule has 5 nitrogen and oxygen atoms in total. The molecular weight excluding hydrogens is 284 g/mol. The fourth-order valence-corrected chi connectivity index (χ4v) is 2.89. The van der Waals surface area contributed by atoms with Crippen LogP contribution in [0.25, 0.3) is 11.4 Å². The molecule has 0 aliphatic rings. The minimum atomic E-state index is 0.674. The Bertz CT molecular complexity index is 749. The second-order valence-electron chi connectivity index (χ2n) is 4.86. The van der Waals surface area contributed by atoms with Crippen LogP contribution in [0.4, 0.5) is 0 Å². The van der Waals surface area contributed by atoms with E-state index in [0.29, 0.717) is 12.4 Å². The molecule has 3 heterocycles. The van der Waals surface area contributed by atoms with Crippen LogP contribution in [-0.4, -0.2) is 26.0 Å². The first-order chi connectivity index (χ1) is 10.2. The fourth-order valence-electron chi connectivity index (χ4n) is 2.37. The Morgan fingerprint density at radius 3 is 2.90 bits per heavy atom. The van der Waals surface area contributed by atoms with Gasteiger partial charge in [-0.3, -0.25) is 0 Å². The summed E-state index contributed by atoms with van der Waals surface area (Å²) in [6, 6.07) is 2.07. The van der Waals surface area contributed by atoms with Crippen molar-refractivity contribution in [3.05, 3.63) is 46.9 Å². The number of aryl methyl sites for hydroxylation is 2. The summed E-state index contributed by atoms with van der Waals surface area (Å²) in [4.78, 5) is 8.89. The van der Waals surface area contributed by atoms with Gasteiger partial charge in [0, 0.05) is 34.6 Å². The predicted molar refractivity (Wildman–Crippen MR) is 82.7 cm³/mol. The van der Waals surface area contributed by atoms with Crippen molar-refractivity contribution in [2.24, 2.45) is 0 Å². The standard InChI is InChI=1S/C15H16N4OS/c1-10-6-11(2)18-15(20-3)13(10)8-19-5-4-16-14(19)12-7-17-21-9-12/h4-7,9H,8H2,1-3H3. The molecule has 0 amide bonds. The SMILES string of the molecule is COc1nc(C)cc(C)c1Cn1ccnc1-c1cnsc1. The van der Waals surface area contributed by atoms with E-state index < -0.39 is 0 Å². The molecule has 0 aromatic carbocycles. The lowest BCUT2D eigenvalue weighted by atomic mass is 10.1. The number of hydrogen-bond donors (Lipinski definition) is 0. The maximum Gasteiger partial charge on any atom is 0.218 e. The molecular formula is C15H16N4OS. The minimum Gasteiger partial charge on any atom is -0.481 e. The van der Waals surface area contributed by atoms with Gasteiger partial charge in [0.2, 0.25) is 5.88 Å². The Labute approximate surface area is 127 Å². The van der Waals surface area contributed by atoms with Gasteiger partial charge in [-0.15, -0.1) is 0 Å². The van der Waals surface area contributed by atoms with Crippen molar-refractivity contribution in [3.63, 3.8) is 0 Å². The summed E-state index contributed by atoms with van der Waals surface area (Å²) < 4.78 is 11.7. The number of methoxy groups -OCH3 is 1.